The molecule has 0 atom stereocenters. The van der Waals surface area contributed by atoms with Crippen molar-refractivity contribution >= 4 is 0 Å². The van der Waals surface area contributed by atoms with Gasteiger partial charge in [-0.1, -0.05) is 12.1 Å². The fourth-order valence-electron chi connectivity index (χ4n) is 3.11. The van der Waals surface area contributed by atoms with Gasteiger partial charge in [-0.3, -0.25) is 0 Å². The van der Waals surface area contributed by atoms with Crippen molar-refractivity contribution in [3.05, 3.63) is 78.4 Å². The van der Waals surface area contributed by atoms with Crippen LogP contribution in [0.5, 0.6) is 11.5 Å². The molecule has 0 saturated heterocycles. The Balaban J connectivity index is 1.90. The number of aromatic nitrogens is 3. The summed E-state index contributed by atoms with van der Waals surface area (Å²) in [4.78, 5) is 4.80. The predicted octanol–water partition coefficient (Wildman–Crippen LogP) is 4.76. The molecule has 0 unspecified atom stereocenters. The van der Waals surface area contributed by atoms with Crippen molar-refractivity contribution in [3.63, 3.8) is 0 Å². The maximum Gasteiger partial charge on any atom is 0.183 e. The van der Waals surface area contributed by atoms with Crippen molar-refractivity contribution in [1.29, 1.82) is 5.26 Å². The van der Waals surface area contributed by atoms with Crippen LogP contribution in [-0.2, 0) is 0 Å². The van der Waals surface area contributed by atoms with E-state index in [4.69, 9.17) is 14.5 Å². The van der Waals surface area contributed by atoms with Crippen molar-refractivity contribution in [2.45, 2.75) is 0 Å². The van der Waals surface area contributed by atoms with Crippen molar-refractivity contribution in [2.24, 2.45) is 0 Å². The summed E-state index contributed by atoms with van der Waals surface area (Å²) in [5.74, 6) is 1.90. The molecule has 1 aromatic heterocycles. The summed E-state index contributed by atoms with van der Waals surface area (Å²) in [6, 6.07) is 24.6. The third kappa shape index (κ3) is 3.69. The lowest BCUT2D eigenvalue weighted by Crippen LogP contribution is -2.01. The number of benzene rings is 3. The van der Waals surface area contributed by atoms with Crippen LogP contribution in [0, 0.1) is 11.3 Å². The average Bonchev–Trinajstić information content (AvgIpc) is 2.84. The first-order valence-electron chi connectivity index (χ1n) is 9.26. The van der Waals surface area contributed by atoms with E-state index in [2.05, 4.69) is 16.3 Å². The van der Waals surface area contributed by atoms with Crippen LogP contribution in [-0.4, -0.2) is 29.4 Å². The van der Waals surface area contributed by atoms with E-state index in [-0.39, 0.29) is 0 Å². The van der Waals surface area contributed by atoms with Crippen molar-refractivity contribution in [2.75, 3.05) is 14.2 Å². The Labute approximate surface area is 174 Å². The van der Waals surface area contributed by atoms with Gasteiger partial charge in [-0.15, -0.1) is 10.2 Å². The number of nitrogens with zero attached hydrogens (tertiary/aromatic N) is 4. The van der Waals surface area contributed by atoms with Crippen LogP contribution in [0.15, 0.2) is 72.8 Å². The first-order valence-corrected chi connectivity index (χ1v) is 9.26. The van der Waals surface area contributed by atoms with Gasteiger partial charge >= 0.3 is 0 Å². The Kier molecular flexibility index (Phi) is 5.35. The summed E-state index contributed by atoms with van der Waals surface area (Å²) in [5.41, 5.74) is 4.18. The third-order valence-electron chi connectivity index (χ3n) is 4.70. The molecule has 0 amide bonds. The molecule has 0 aliphatic carbocycles. The zero-order chi connectivity index (χ0) is 20.9. The summed E-state index contributed by atoms with van der Waals surface area (Å²) in [5, 5.41) is 18.3. The van der Waals surface area contributed by atoms with Crippen LogP contribution in [0.3, 0.4) is 0 Å². The largest absolute Gasteiger partial charge is 0.497 e. The number of ether oxygens (including phenoxy) is 2. The second-order valence-corrected chi connectivity index (χ2v) is 6.45. The summed E-state index contributed by atoms with van der Waals surface area (Å²) in [6.45, 7) is 0. The SMILES string of the molecule is COc1ccc(-c2nnc(-c3ccccc3C#N)nc2-c2ccc(OC)cc2)cc1. The molecule has 4 aromatic rings. The lowest BCUT2D eigenvalue weighted by molar-refractivity contribution is 0.414. The lowest BCUT2D eigenvalue weighted by atomic mass is 10.0. The summed E-state index contributed by atoms with van der Waals surface area (Å²) in [7, 11) is 3.25. The van der Waals surface area contributed by atoms with Crippen LogP contribution >= 0.6 is 0 Å². The van der Waals surface area contributed by atoms with Gasteiger partial charge in [0, 0.05) is 16.7 Å². The van der Waals surface area contributed by atoms with Gasteiger partial charge in [0.1, 0.15) is 22.9 Å². The standard InChI is InChI=1S/C24H18N4O2/c1-29-19-11-7-16(8-12-19)22-23(17-9-13-20(30-2)14-10-17)27-28-24(26-22)21-6-4-3-5-18(21)15-25/h3-14H,1-2H3. The van der Waals surface area contributed by atoms with Crippen LogP contribution in [0.25, 0.3) is 33.9 Å². The Morgan fingerprint density at radius 3 is 1.83 bits per heavy atom. The molecule has 0 radical (unpaired) electrons. The monoisotopic (exact) mass is 394 g/mol. The minimum Gasteiger partial charge on any atom is -0.497 e. The van der Waals surface area contributed by atoms with Gasteiger partial charge in [0.05, 0.1) is 25.9 Å². The number of hydrogen-bond acceptors (Lipinski definition) is 6. The smallest absolute Gasteiger partial charge is 0.183 e. The second-order valence-electron chi connectivity index (χ2n) is 6.45. The fourth-order valence-corrected chi connectivity index (χ4v) is 3.11. The Hall–Kier alpha value is -4.24. The van der Waals surface area contributed by atoms with Crippen LogP contribution in [0.1, 0.15) is 5.56 Å². The van der Waals surface area contributed by atoms with Gasteiger partial charge in [-0.25, -0.2) is 4.98 Å². The first-order chi connectivity index (χ1) is 14.7. The highest BCUT2D eigenvalue weighted by Gasteiger charge is 2.16. The minimum absolute atomic E-state index is 0.398. The highest BCUT2D eigenvalue weighted by Crippen LogP contribution is 2.32. The van der Waals surface area contributed by atoms with Crippen LogP contribution in [0.2, 0.25) is 0 Å². The van der Waals surface area contributed by atoms with Gasteiger partial charge in [0.2, 0.25) is 0 Å². The van der Waals surface area contributed by atoms with Gasteiger partial charge in [-0.05, 0) is 60.7 Å². The van der Waals surface area contributed by atoms with Gasteiger partial charge < -0.3 is 9.47 Å². The summed E-state index contributed by atoms with van der Waals surface area (Å²) < 4.78 is 10.5. The molecule has 6 heteroatoms. The van der Waals surface area contributed by atoms with Crippen molar-refractivity contribution in [1.82, 2.24) is 15.2 Å². The van der Waals surface area contributed by atoms with E-state index in [1.54, 1.807) is 20.3 Å². The molecule has 30 heavy (non-hydrogen) atoms. The zero-order valence-corrected chi connectivity index (χ0v) is 16.5. The molecular weight excluding hydrogens is 376 g/mol. The normalized spacial score (nSPS) is 10.3. The molecule has 146 valence electrons. The van der Waals surface area contributed by atoms with E-state index in [1.807, 2.05) is 66.7 Å². The molecule has 0 fully saturated rings. The highest BCUT2D eigenvalue weighted by molar-refractivity contribution is 5.79. The van der Waals surface area contributed by atoms with Gasteiger partial charge in [0.25, 0.3) is 0 Å². The molecule has 0 N–H and O–H groups in total. The number of nitriles is 1. The van der Waals surface area contributed by atoms with Gasteiger partial charge in [-0.2, -0.15) is 5.26 Å². The summed E-state index contributed by atoms with van der Waals surface area (Å²) in [6.07, 6.45) is 0. The van der Waals surface area contributed by atoms with E-state index >= 15 is 0 Å². The Bertz CT molecular complexity index is 1210. The van der Waals surface area contributed by atoms with Crippen molar-refractivity contribution in [3.8, 4) is 51.5 Å². The molecule has 6 nitrogen and oxygen atoms in total. The molecular formula is C24H18N4O2. The summed E-state index contributed by atoms with van der Waals surface area (Å²) >= 11 is 0. The zero-order valence-electron chi connectivity index (χ0n) is 16.5. The maximum absolute atomic E-state index is 9.45. The average molecular weight is 394 g/mol. The van der Waals surface area contributed by atoms with E-state index < -0.39 is 0 Å². The predicted molar refractivity (Wildman–Crippen MR) is 114 cm³/mol. The molecule has 0 spiro atoms. The van der Waals surface area contributed by atoms with Crippen LogP contribution in [0.4, 0.5) is 0 Å². The van der Waals surface area contributed by atoms with Crippen molar-refractivity contribution < 1.29 is 9.47 Å². The Morgan fingerprint density at radius 1 is 0.700 bits per heavy atom. The maximum atomic E-state index is 9.45. The van der Waals surface area contributed by atoms with E-state index in [9.17, 15) is 5.26 Å². The van der Waals surface area contributed by atoms with E-state index in [1.165, 1.54) is 0 Å². The number of hydrogen-bond donors (Lipinski definition) is 0. The molecule has 0 saturated carbocycles. The van der Waals surface area contributed by atoms with E-state index in [0.717, 1.165) is 22.6 Å². The lowest BCUT2D eigenvalue weighted by Gasteiger charge is -2.11. The first kappa shape index (κ1) is 19.1. The third-order valence-corrected chi connectivity index (χ3v) is 4.70. The minimum atomic E-state index is 0.398. The topological polar surface area (TPSA) is 80.9 Å². The number of methoxy groups -OCH3 is 2. The second kappa shape index (κ2) is 8.41. The number of rotatable bonds is 5. The molecule has 0 bridgehead atoms. The van der Waals surface area contributed by atoms with E-state index in [0.29, 0.717) is 28.3 Å². The molecule has 0 aliphatic rings. The van der Waals surface area contributed by atoms with Gasteiger partial charge in [0.15, 0.2) is 5.82 Å². The molecule has 4 rings (SSSR count). The van der Waals surface area contributed by atoms with Crippen LogP contribution < -0.4 is 9.47 Å². The quantitative estimate of drug-likeness (QED) is 0.485. The highest BCUT2D eigenvalue weighted by atomic mass is 16.5. The Morgan fingerprint density at radius 2 is 1.27 bits per heavy atom. The molecule has 1 heterocycles. The fraction of sp³-hybridized carbons (Fsp3) is 0.0833. The molecule has 0 aliphatic heterocycles. The molecule has 3 aromatic carbocycles.